The van der Waals surface area contributed by atoms with Gasteiger partial charge < -0.3 is 9.95 Å². The van der Waals surface area contributed by atoms with Gasteiger partial charge in [-0.15, -0.1) is 22.7 Å². The summed E-state index contributed by atoms with van der Waals surface area (Å²) in [6.07, 6.45) is 0.428. The maximum atomic E-state index is 12.4. The van der Waals surface area contributed by atoms with Crippen LogP contribution >= 0.6 is 38.6 Å². The Morgan fingerprint density at radius 2 is 1.90 bits per heavy atom. The van der Waals surface area contributed by atoms with Gasteiger partial charge in [-0.1, -0.05) is 35.0 Å². The zero-order chi connectivity index (χ0) is 22.5. The van der Waals surface area contributed by atoms with E-state index in [0.717, 1.165) is 26.3 Å². The van der Waals surface area contributed by atoms with Gasteiger partial charge in [0.15, 0.2) is 0 Å². The van der Waals surface area contributed by atoms with Gasteiger partial charge >= 0.3 is 0 Å². The van der Waals surface area contributed by atoms with Crippen LogP contribution in [0.5, 0.6) is 5.75 Å². The van der Waals surface area contributed by atoms with Crippen LogP contribution in [-0.4, -0.2) is 28.6 Å². The Balaban J connectivity index is 1.73. The highest BCUT2D eigenvalue weighted by molar-refractivity contribution is 9.10. The molecule has 158 valence electrons. The van der Waals surface area contributed by atoms with Crippen LogP contribution in [0.25, 0.3) is 15.3 Å². The Bertz CT molecular complexity index is 1190. The lowest BCUT2D eigenvalue weighted by Gasteiger charge is -2.03. The molecule has 2 aromatic heterocycles. The molecule has 2 heterocycles. The number of ketones is 1. The van der Waals surface area contributed by atoms with Crippen molar-refractivity contribution in [2.45, 2.75) is 26.3 Å². The number of thiophene rings is 2. The highest BCUT2D eigenvalue weighted by Gasteiger charge is 2.25. The van der Waals surface area contributed by atoms with Crippen molar-refractivity contribution in [2.24, 2.45) is 5.10 Å². The zero-order valence-corrected chi connectivity index (χ0v) is 19.9. The number of hydrogen-bond donors (Lipinski definition) is 2. The fraction of sp³-hybridized carbons (Fsp3) is 0.182. The Kier molecular flexibility index (Phi) is 7.38. The highest BCUT2D eigenvalue weighted by atomic mass is 79.9. The predicted octanol–water partition coefficient (Wildman–Crippen LogP) is 5.98. The van der Waals surface area contributed by atoms with Gasteiger partial charge in [0.05, 0.1) is 25.9 Å². The number of benzene rings is 1. The fourth-order valence-electron chi connectivity index (χ4n) is 2.76. The normalized spacial score (nSPS) is 12.3. The number of amides is 1. The number of hydrazone groups is 1. The summed E-state index contributed by atoms with van der Waals surface area (Å²) < 4.78 is 0.950. The van der Waals surface area contributed by atoms with Crippen LogP contribution in [0.15, 0.2) is 51.4 Å². The first-order valence-corrected chi connectivity index (χ1v) is 11.8. The molecule has 1 atom stereocenters. The molecule has 2 N–H and O–H groups in total. The van der Waals surface area contributed by atoms with Gasteiger partial charge in [0, 0.05) is 16.3 Å². The molecule has 0 aliphatic heterocycles. The molecule has 1 unspecified atom stereocenters. The van der Waals surface area contributed by atoms with Crippen LogP contribution in [0.2, 0.25) is 0 Å². The first-order valence-electron chi connectivity index (χ1n) is 9.27. The molecule has 0 aliphatic carbocycles. The van der Waals surface area contributed by atoms with Crippen LogP contribution in [-0.2, 0) is 0 Å². The number of carbonyl (C=O) groups excluding carboxylic acids is 2. The molecule has 0 fully saturated rings. The Hall–Kier alpha value is -2.80. The van der Waals surface area contributed by atoms with E-state index in [9.17, 15) is 14.7 Å². The van der Waals surface area contributed by atoms with Gasteiger partial charge in [0.1, 0.15) is 5.75 Å². The van der Waals surface area contributed by atoms with Gasteiger partial charge in [-0.2, -0.15) is 5.10 Å². The maximum Gasteiger partial charge on any atom is 0.286 e. The topological polar surface area (TPSA) is 83.1 Å². The summed E-state index contributed by atoms with van der Waals surface area (Å²) in [6.45, 7) is 10.6. The minimum Gasteiger partial charge on any atom is -0.506 e. The molecule has 0 aliphatic rings. The molecule has 0 radical (unpaired) electrons. The fourth-order valence-corrected chi connectivity index (χ4v) is 4.92. The Labute approximate surface area is 196 Å². The molecule has 0 spiro atoms. The van der Waals surface area contributed by atoms with E-state index in [-0.39, 0.29) is 11.5 Å². The first kappa shape index (κ1) is 22.9. The summed E-state index contributed by atoms with van der Waals surface area (Å²) in [5, 5.41) is 16.5. The van der Waals surface area contributed by atoms with Crippen LogP contribution in [0.4, 0.5) is 0 Å². The van der Waals surface area contributed by atoms with Crippen LogP contribution in [0.1, 0.15) is 45.2 Å². The number of halogens is 1. The average Bonchev–Trinajstić information content (AvgIpc) is 3.40. The quantitative estimate of drug-likeness (QED) is 0.175. The number of nitrogens with zero attached hydrogens (tertiary/aromatic N) is 2. The molecule has 3 aromatic rings. The van der Waals surface area contributed by atoms with Gasteiger partial charge in [-0.25, -0.2) is 12.0 Å². The molecule has 6 nitrogen and oxygen atoms in total. The minimum absolute atomic E-state index is 0.108. The van der Waals surface area contributed by atoms with Gasteiger partial charge in [-0.3, -0.25) is 9.59 Å². The van der Waals surface area contributed by atoms with Crippen molar-refractivity contribution >= 4 is 56.0 Å². The zero-order valence-electron chi connectivity index (χ0n) is 16.7. The van der Waals surface area contributed by atoms with Crippen molar-refractivity contribution in [1.29, 1.82) is 0 Å². The number of aromatic hydroxyl groups is 1. The smallest absolute Gasteiger partial charge is 0.286 e. The van der Waals surface area contributed by atoms with E-state index in [0.29, 0.717) is 27.5 Å². The summed E-state index contributed by atoms with van der Waals surface area (Å²) in [7, 11) is 0. The number of carbonyl (C=O) groups is 2. The number of rotatable bonds is 7. The van der Waals surface area contributed by atoms with Crippen molar-refractivity contribution in [2.75, 3.05) is 0 Å². The molecule has 9 heteroatoms. The van der Waals surface area contributed by atoms with Crippen molar-refractivity contribution in [3.05, 3.63) is 73.0 Å². The molecule has 0 saturated carbocycles. The second kappa shape index (κ2) is 10.0. The monoisotopic (exact) mass is 515 g/mol. The minimum atomic E-state index is -0.726. The van der Waals surface area contributed by atoms with Crippen molar-refractivity contribution < 1.29 is 14.7 Å². The van der Waals surface area contributed by atoms with Gasteiger partial charge in [0.2, 0.25) is 0 Å². The third-order valence-corrected chi connectivity index (χ3v) is 7.15. The predicted molar refractivity (Wildman–Crippen MR) is 128 cm³/mol. The molecule has 1 aromatic carbocycles. The summed E-state index contributed by atoms with van der Waals surface area (Å²) in [5.41, 5.74) is 4.34. The van der Waals surface area contributed by atoms with Crippen LogP contribution in [0.3, 0.4) is 0 Å². The van der Waals surface area contributed by atoms with Gasteiger partial charge in [0.25, 0.3) is 17.7 Å². The van der Waals surface area contributed by atoms with Crippen molar-refractivity contribution in [3.63, 3.8) is 0 Å². The Morgan fingerprint density at radius 3 is 2.55 bits per heavy atom. The maximum absolute atomic E-state index is 12.4. The van der Waals surface area contributed by atoms with Crippen molar-refractivity contribution in [1.82, 2.24) is 5.43 Å². The molecule has 0 saturated heterocycles. The van der Waals surface area contributed by atoms with E-state index < -0.39 is 11.9 Å². The molecule has 3 rings (SSSR count). The lowest BCUT2D eigenvalue weighted by Crippen LogP contribution is -2.18. The summed E-state index contributed by atoms with van der Waals surface area (Å²) in [5.74, 6) is -0.622. The van der Waals surface area contributed by atoms with E-state index >= 15 is 0 Å². The van der Waals surface area contributed by atoms with E-state index in [1.807, 2.05) is 24.3 Å². The van der Waals surface area contributed by atoms with Crippen LogP contribution < -0.4 is 5.43 Å². The highest BCUT2D eigenvalue weighted by Crippen LogP contribution is 2.39. The third kappa shape index (κ3) is 5.10. The third-order valence-electron chi connectivity index (χ3n) is 4.50. The first-order chi connectivity index (χ1) is 14.8. The molecule has 31 heavy (non-hydrogen) atoms. The van der Waals surface area contributed by atoms with E-state index in [2.05, 4.69) is 31.3 Å². The molecular formula is C22H18BrN3O3S2. The number of hydrogen-bond acceptors (Lipinski definition) is 6. The lowest BCUT2D eigenvalue weighted by molar-refractivity contribution is 0.0957. The van der Waals surface area contributed by atoms with E-state index in [1.165, 1.54) is 11.3 Å². The second-order valence-electron chi connectivity index (χ2n) is 6.55. The molecule has 0 bridgehead atoms. The standard InChI is InChI=1S/C22H18BrN3O3S2/c1-4-16(24-3)20(28)17-9-10-18(31-17)22(29)26-25-12(2)15-11-30-21(19(15)27)13-5-7-14(23)8-6-13/h5-11,16,27H,4H2,1-2H3,(H,26,29)/b25-12+. The average molecular weight is 516 g/mol. The van der Waals surface area contributed by atoms with Crippen LogP contribution in [0, 0.1) is 6.57 Å². The summed E-state index contributed by atoms with van der Waals surface area (Å²) in [4.78, 5) is 29.4. The summed E-state index contributed by atoms with van der Waals surface area (Å²) >= 11 is 5.82. The van der Waals surface area contributed by atoms with Crippen molar-refractivity contribution in [3.8, 4) is 16.2 Å². The largest absolute Gasteiger partial charge is 0.506 e. The molecule has 1 amide bonds. The number of Topliss-reactive ketones (excluding diaryl/α,β-unsaturated/α-hetero) is 1. The van der Waals surface area contributed by atoms with E-state index in [1.54, 1.807) is 31.4 Å². The Morgan fingerprint density at radius 1 is 1.23 bits per heavy atom. The van der Waals surface area contributed by atoms with Gasteiger partial charge in [-0.05, 0) is 36.8 Å². The van der Waals surface area contributed by atoms with E-state index in [4.69, 9.17) is 6.57 Å². The number of nitrogens with one attached hydrogen (secondary N) is 1. The second-order valence-corrected chi connectivity index (χ2v) is 9.43. The summed E-state index contributed by atoms with van der Waals surface area (Å²) in [6, 6.07) is 9.98. The molecular weight excluding hydrogens is 498 g/mol. The lowest BCUT2D eigenvalue weighted by atomic mass is 10.1. The SMILES string of the molecule is [C-]#[N+]C(CC)C(=O)c1ccc(C(=O)N/N=C(\C)c2csc(-c3ccc(Br)cc3)c2O)s1.